The molecule has 2 N–H and O–H groups in total. The largest absolute Gasteiger partial charge is 0.381 e. The number of fused-ring (bicyclic) bond motifs is 1. The van der Waals surface area contributed by atoms with Crippen LogP contribution in [0, 0.1) is 5.82 Å². The Morgan fingerprint density at radius 1 is 1.09 bits per heavy atom. The number of carbonyl (C=O) groups is 1. The lowest BCUT2D eigenvalue weighted by Gasteiger charge is -2.25. The second-order valence-corrected chi connectivity index (χ2v) is 9.24. The second-order valence-electron chi connectivity index (χ2n) is 7.26. The van der Waals surface area contributed by atoms with Crippen LogP contribution in [-0.2, 0) is 16.4 Å². The molecule has 2 aromatic carbocycles. The lowest BCUT2D eigenvalue weighted by Crippen LogP contribution is -2.31. The van der Waals surface area contributed by atoms with Crippen molar-refractivity contribution >= 4 is 38.2 Å². The van der Waals surface area contributed by atoms with Crippen molar-refractivity contribution in [1.29, 1.82) is 0 Å². The van der Waals surface area contributed by atoms with Gasteiger partial charge < -0.3 is 10.6 Å². The van der Waals surface area contributed by atoms with Crippen LogP contribution in [0.5, 0.6) is 0 Å². The number of hydrogen-bond donors (Lipinski definition) is 1. The predicted octanol–water partition coefficient (Wildman–Crippen LogP) is 3.60. The molecule has 4 aromatic rings. The van der Waals surface area contributed by atoms with Crippen LogP contribution in [0.25, 0.3) is 10.9 Å². The first-order valence-electron chi connectivity index (χ1n) is 9.59. The molecular formula is C23H19FN4O3S. The molecule has 0 fully saturated rings. The summed E-state index contributed by atoms with van der Waals surface area (Å²) < 4.78 is 38.5. The molecule has 0 saturated heterocycles. The lowest BCUT2D eigenvalue weighted by molar-refractivity contribution is 0.0984. The van der Waals surface area contributed by atoms with E-state index in [2.05, 4.69) is 9.97 Å². The Morgan fingerprint density at radius 3 is 2.59 bits per heavy atom. The van der Waals surface area contributed by atoms with Crippen molar-refractivity contribution in [3.63, 3.8) is 0 Å². The van der Waals surface area contributed by atoms with Gasteiger partial charge in [-0.25, -0.2) is 17.8 Å². The van der Waals surface area contributed by atoms with Gasteiger partial charge in [-0.3, -0.25) is 9.78 Å². The first-order chi connectivity index (χ1) is 15.2. The Labute approximate surface area is 184 Å². The van der Waals surface area contributed by atoms with Gasteiger partial charge in [0.05, 0.1) is 28.2 Å². The molecule has 0 saturated carbocycles. The zero-order valence-corrected chi connectivity index (χ0v) is 17.9. The molecule has 32 heavy (non-hydrogen) atoms. The third kappa shape index (κ3) is 4.28. The van der Waals surface area contributed by atoms with E-state index in [1.807, 2.05) is 0 Å². The first kappa shape index (κ1) is 21.4. The molecule has 2 heterocycles. The number of para-hydroxylation sites is 1. The smallest absolute Gasteiger partial charge is 0.260 e. The molecule has 0 unspecified atom stereocenters. The van der Waals surface area contributed by atoms with Gasteiger partial charge in [0.2, 0.25) is 0 Å². The van der Waals surface area contributed by atoms with Crippen LogP contribution in [0.15, 0.2) is 78.0 Å². The van der Waals surface area contributed by atoms with E-state index in [0.29, 0.717) is 22.0 Å². The number of benzene rings is 2. The van der Waals surface area contributed by atoms with E-state index in [9.17, 15) is 17.6 Å². The van der Waals surface area contributed by atoms with Crippen molar-refractivity contribution < 1.29 is 17.6 Å². The van der Waals surface area contributed by atoms with E-state index in [-0.39, 0.29) is 22.9 Å². The fraction of sp³-hybridized carbons (Fsp3) is 0.0870. The van der Waals surface area contributed by atoms with Crippen LogP contribution < -0.4 is 10.6 Å². The minimum absolute atomic E-state index is 0.0301. The summed E-state index contributed by atoms with van der Waals surface area (Å²) in [6.07, 6.45) is 4.06. The second kappa shape index (κ2) is 8.35. The molecule has 0 aliphatic heterocycles. The van der Waals surface area contributed by atoms with Crippen molar-refractivity contribution in [3.8, 4) is 0 Å². The summed E-state index contributed by atoms with van der Waals surface area (Å²) in [5, 5.41) is 0.558. The quantitative estimate of drug-likeness (QED) is 0.498. The molecule has 0 spiro atoms. The Balaban J connectivity index is 1.83. The summed E-state index contributed by atoms with van der Waals surface area (Å²) in [4.78, 5) is 22.9. The van der Waals surface area contributed by atoms with Crippen molar-refractivity contribution in [2.24, 2.45) is 0 Å². The molecule has 9 heteroatoms. The van der Waals surface area contributed by atoms with E-state index in [1.54, 1.807) is 54.7 Å². The van der Waals surface area contributed by atoms with Gasteiger partial charge in [0.1, 0.15) is 0 Å². The molecule has 0 aliphatic rings. The third-order valence-corrected chi connectivity index (χ3v) is 6.06. The van der Waals surface area contributed by atoms with Crippen molar-refractivity contribution in [1.82, 2.24) is 9.97 Å². The van der Waals surface area contributed by atoms with E-state index in [4.69, 9.17) is 5.73 Å². The zero-order valence-electron chi connectivity index (χ0n) is 17.1. The fourth-order valence-corrected chi connectivity index (χ4v) is 4.27. The summed E-state index contributed by atoms with van der Waals surface area (Å²) in [7, 11) is -3.61. The number of aromatic nitrogens is 2. The number of pyridine rings is 2. The minimum Gasteiger partial charge on any atom is -0.381 e. The molecule has 7 nitrogen and oxygen atoms in total. The van der Waals surface area contributed by atoms with E-state index >= 15 is 0 Å². The van der Waals surface area contributed by atoms with Crippen molar-refractivity contribution in [3.05, 3.63) is 90.0 Å². The van der Waals surface area contributed by atoms with Crippen LogP contribution in [0.1, 0.15) is 15.9 Å². The SMILES string of the molecule is CS(=O)(=O)c1ccccc1N(Cc1ccc2cc(F)c(N)nc2c1)C(=O)c1cccnc1. The number of sulfone groups is 1. The van der Waals surface area contributed by atoms with Gasteiger partial charge in [-0.2, -0.15) is 0 Å². The molecule has 0 radical (unpaired) electrons. The van der Waals surface area contributed by atoms with Gasteiger partial charge in [-0.05, 0) is 42.0 Å². The minimum atomic E-state index is -3.61. The Kier molecular flexibility index (Phi) is 5.58. The van der Waals surface area contributed by atoms with Gasteiger partial charge in [0.15, 0.2) is 21.5 Å². The number of halogens is 1. The summed E-state index contributed by atoms with van der Waals surface area (Å²) in [5.74, 6) is -1.25. The Bertz CT molecular complexity index is 1430. The standard InChI is InChI=1S/C23H19FN4O3S/c1-32(30,31)21-7-3-2-6-20(21)28(23(29)17-5-4-10-26-13-17)14-15-8-9-16-12-18(24)22(25)27-19(16)11-15/h2-13H,14H2,1H3,(H2,25,27). The summed E-state index contributed by atoms with van der Waals surface area (Å²) in [5.41, 5.74) is 7.28. The number of nitrogen functional groups attached to an aromatic ring is 1. The highest BCUT2D eigenvalue weighted by Gasteiger charge is 2.24. The topological polar surface area (TPSA) is 106 Å². The highest BCUT2D eigenvalue weighted by atomic mass is 32.2. The molecule has 0 atom stereocenters. The normalized spacial score (nSPS) is 11.4. The lowest BCUT2D eigenvalue weighted by atomic mass is 10.1. The molecule has 162 valence electrons. The number of nitrogens with zero attached hydrogens (tertiary/aromatic N) is 3. The number of amides is 1. The molecule has 0 bridgehead atoms. The highest BCUT2D eigenvalue weighted by Crippen LogP contribution is 2.29. The van der Waals surface area contributed by atoms with Crippen molar-refractivity contribution in [2.75, 3.05) is 16.9 Å². The predicted molar refractivity (Wildman–Crippen MR) is 120 cm³/mol. The molecule has 1 amide bonds. The number of hydrogen-bond acceptors (Lipinski definition) is 6. The molecule has 0 aliphatic carbocycles. The summed E-state index contributed by atoms with van der Waals surface area (Å²) >= 11 is 0. The Morgan fingerprint density at radius 2 is 1.88 bits per heavy atom. The van der Waals surface area contributed by atoms with Gasteiger partial charge in [0.25, 0.3) is 5.91 Å². The first-order valence-corrected chi connectivity index (χ1v) is 11.5. The fourth-order valence-electron chi connectivity index (χ4n) is 3.39. The number of anilines is 2. The van der Waals surface area contributed by atoms with Crippen LogP contribution in [0.2, 0.25) is 0 Å². The maximum Gasteiger partial charge on any atom is 0.260 e. The summed E-state index contributed by atoms with van der Waals surface area (Å²) in [6, 6.07) is 15.9. The molecule has 4 rings (SSSR count). The number of rotatable bonds is 5. The van der Waals surface area contributed by atoms with Crippen LogP contribution in [-0.4, -0.2) is 30.5 Å². The molecule has 2 aromatic heterocycles. The number of nitrogens with two attached hydrogens (primary N) is 1. The average molecular weight is 450 g/mol. The average Bonchev–Trinajstić information content (AvgIpc) is 2.78. The van der Waals surface area contributed by atoms with Gasteiger partial charge in [-0.1, -0.05) is 24.3 Å². The van der Waals surface area contributed by atoms with Crippen LogP contribution in [0.4, 0.5) is 15.9 Å². The van der Waals surface area contributed by atoms with Crippen LogP contribution in [0.3, 0.4) is 0 Å². The van der Waals surface area contributed by atoms with Gasteiger partial charge in [-0.15, -0.1) is 0 Å². The van der Waals surface area contributed by atoms with E-state index in [1.165, 1.54) is 23.2 Å². The molecular weight excluding hydrogens is 431 g/mol. The monoisotopic (exact) mass is 450 g/mol. The number of carbonyl (C=O) groups excluding carboxylic acids is 1. The summed E-state index contributed by atoms with van der Waals surface area (Å²) in [6.45, 7) is 0.0508. The zero-order chi connectivity index (χ0) is 22.9. The van der Waals surface area contributed by atoms with Crippen molar-refractivity contribution in [2.45, 2.75) is 11.4 Å². The highest BCUT2D eigenvalue weighted by molar-refractivity contribution is 7.90. The van der Waals surface area contributed by atoms with E-state index in [0.717, 1.165) is 6.26 Å². The van der Waals surface area contributed by atoms with Crippen LogP contribution >= 0.6 is 0 Å². The maximum absolute atomic E-state index is 13.7. The third-order valence-electron chi connectivity index (χ3n) is 4.91. The Hall–Kier alpha value is -3.85. The van der Waals surface area contributed by atoms with Gasteiger partial charge in [0, 0.05) is 24.0 Å². The van der Waals surface area contributed by atoms with Gasteiger partial charge >= 0.3 is 0 Å². The van der Waals surface area contributed by atoms with E-state index < -0.39 is 21.6 Å². The maximum atomic E-state index is 13.7.